The van der Waals surface area contributed by atoms with E-state index in [0.717, 1.165) is 28.6 Å². The molecule has 0 spiro atoms. The molecule has 0 radical (unpaired) electrons. The van der Waals surface area contributed by atoms with Crippen LogP contribution >= 0.6 is 11.6 Å². The Kier molecular flexibility index (Phi) is 7.97. The number of aromatic amines is 1. The average molecular weight is 533 g/mol. The highest BCUT2D eigenvalue weighted by atomic mass is 35.5. The van der Waals surface area contributed by atoms with Crippen LogP contribution in [0.15, 0.2) is 76.1 Å². The van der Waals surface area contributed by atoms with Gasteiger partial charge in [-0.2, -0.15) is 0 Å². The van der Waals surface area contributed by atoms with Gasteiger partial charge in [-0.05, 0) is 75.8 Å². The first kappa shape index (κ1) is 25.8. The van der Waals surface area contributed by atoms with Gasteiger partial charge in [0, 0.05) is 29.8 Å². The summed E-state index contributed by atoms with van der Waals surface area (Å²) in [5.41, 5.74) is 3.33. The quantitative estimate of drug-likeness (QED) is 0.261. The number of pyridine rings is 1. The molecule has 1 unspecified atom stereocenters. The molecule has 38 heavy (non-hydrogen) atoms. The third kappa shape index (κ3) is 5.70. The number of aromatic nitrogens is 5. The first-order valence-corrected chi connectivity index (χ1v) is 12.8. The number of tetrazole rings is 1. The minimum absolute atomic E-state index is 0.200. The summed E-state index contributed by atoms with van der Waals surface area (Å²) in [5, 5.41) is 14.2. The molecule has 0 bridgehead atoms. The van der Waals surface area contributed by atoms with Crippen LogP contribution in [-0.4, -0.2) is 43.8 Å². The first-order chi connectivity index (χ1) is 18.6. The van der Waals surface area contributed by atoms with E-state index in [-0.39, 0.29) is 5.56 Å². The number of benzene rings is 2. The van der Waals surface area contributed by atoms with Gasteiger partial charge in [0.2, 0.25) is 0 Å². The van der Waals surface area contributed by atoms with E-state index in [1.165, 1.54) is 5.56 Å². The lowest BCUT2D eigenvalue weighted by molar-refractivity contribution is 0.163. The van der Waals surface area contributed by atoms with Crippen molar-refractivity contribution in [3.63, 3.8) is 0 Å². The van der Waals surface area contributed by atoms with E-state index in [1.807, 2.05) is 54.6 Å². The topological polar surface area (TPSA) is 102 Å². The minimum atomic E-state index is -0.582. The Balaban J connectivity index is 1.68. The van der Waals surface area contributed by atoms with Crippen molar-refractivity contribution in [1.29, 1.82) is 0 Å². The maximum absolute atomic E-state index is 13.6. The van der Waals surface area contributed by atoms with Gasteiger partial charge < -0.3 is 14.1 Å². The van der Waals surface area contributed by atoms with E-state index in [0.29, 0.717) is 42.7 Å². The number of furan rings is 1. The highest BCUT2D eigenvalue weighted by Gasteiger charge is 2.31. The van der Waals surface area contributed by atoms with Gasteiger partial charge in [0.05, 0.1) is 26.0 Å². The van der Waals surface area contributed by atoms with Crippen LogP contribution in [0.1, 0.15) is 41.2 Å². The number of rotatable bonds is 11. The minimum Gasteiger partial charge on any atom is -0.468 e. The number of aryl methyl sites for hydroxylation is 1. The summed E-state index contributed by atoms with van der Waals surface area (Å²) in [7, 11) is 1.63. The average Bonchev–Trinajstić information content (AvgIpc) is 3.61. The summed E-state index contributed by atoms with van der Waals surface area (Å²) in [6, 6.07) is 18.9. The molecule has 9 nitrogen and oxygen atoms in total. The predicted octanol–water partition coefficient (Wildman–Crippen LogP) is 4.76. The lowest BCUT2D eigenvalue weighted by Gasteiger charge is -2.30. The van der Waals surface area contributed by atoms with Crippen LogP contribution in [-0.2, 0) is 30.8 Å². The van der Waals surface area contributed by atoms with E-state index in [2.05, 4.69) is 38.4 Å². The molecular weight excluding hydrogens is 504 g/mol. The molecule has 0 aliphatic heterocycles. The number of hydrogen-bond acceptors (Lipinski definition) is 7. The summed E-state index contributed by atoms with van der Waals surface area (Å²) in [6.45, 7) is 3.89. The maximum atomic E-state index is 13.6. The van der Waals surface area contributed by atoms with Crippen LogP contribution < -0.4 is 5.56 Å². The van der Waals surface area contributed by atoms with Crippen LogP contribution in [0.5, 0.6) is 0 Å². The number of H-pyrrole nitrogens is 1. The van der Waals surface area contributed by atoms with Gasteiger partial charge in [-0.25, -0.2) is 4.68 Å². The highest BCUT2D eigenvalue weighted by molar-refractivity contribution is 6.30. The van der Waals surface area contributed by atoms with E-state index >= 15 is 0 Å². The molecule has 5 aromatic rings. The lowest BCUT2D eigenvalue weighted by Crippen LogP contribution is -2.35. The molecule has 1 atom stereocenters. The molecule has 0 saturated heterocycles. The van der Waals surface area contributed by atoms with Crippen molar-refractivity contribution in [3.8, 4) is 0 Å². The van der Waals surface area contributed by atoms with Gasteiger partial charge >= 0.3 is 0 Å². The van der Waals surface area contributed by atoms with Crippen molar-refractivity contribution in [2.45, 2.75) is 39.0 Å². The van der Waals surface area contributed by atoms with Crippen LogP contribution in [0.3, 0.4) is 0 Å². The third-order valence-corrected chi connectivity index (χ3v) is 6.81. The van der Waals surface area contributed by atoms with E-state index in [1.54, 1.807) is 18.1 Å². The zero-order valence-corrected chi connectivity index (χ0v) is 22.1. The number of fused-ring (bicyclic) bond motifs is 1. The van der Waals surface area contributed by atoms with Gasteiger partial charge in [0.1, 0.15) is 11.8 Å². The van der Waals surface area contributed by atoms with Crippen molar-refractivity contribution in [3.05, 3.63) is 111 Å². The van der Waals surface area contributed by atoms with E-state index in [9.17, 15) is 4.79 Å². The third-order valence-electron chi connectivity index (χ3n) is 6.55. The molecular formula is C28H29ClN6O3. The zero-order valence-electron chi connectivity index (χ0n) is 21.3. The molecule has 3 heterocycles. The molecule has 0 aliphatic carbocycles. The van der Waals surface area contributed by atoms with Gasteiger partial charge in [-0.3, -0.25) is 9.69 Å². The van der Waals surface area contributed by atoms with Gasteiger partial charge in [-0.15, -0.1) is 5.10 Å². The number of methoxy groups -OCH3 is 1. The van der Waals surface area contributed by atoms with Crippen molar-refractivity contribution in [1.82, 2.24) is 30.1 Å². The molecule has 5 rings (SSSR count). The van der Waals surface area contributed by atoms with Gasteiger partial charge in [0.25, 0.3) is 5.56 Å². The summed E-state index contributed by atoms with van der Waals surface area (Å²) >= 11 is 6.16. The van der Waals surface area contributed by atoms with Crippen molar-refractivity contribution in [2.75, 3.05) is 13.7 Å². The largest absolute Gasteiger partial charge is 0.468 e. The summed E-state index contributed by atoms with van der Waals surface area (Å²) in [4.78, 5) is 18.8. The maximum Gasteiger partial charge on any atom is 0.253 e. The fourth-order valence-corrected chi connectivity index (χ4v) is 4.73. The smallest absolute Gasteiger partial charge is 0.253 e. The Morgan fingerprint density at radius 2 is 1.92 bits per heavy atom. The second-order valence-electron chi connectivity index (χ2n) is 9.10. The molecule has 1 N–H and O–H groups in total. The number of nitrogens with zero attached hydrogens (tertiary/aromatic N) is 5. The molecule has 2 aromatic carbocycles. The highest BCUT2D eigenvalue weighted by Crippen LogP contribution is 2.30. The second-order valence-corrected chi connectivity index (χ2v) is 9.53. The number of ether oxygens (including phenoxy) is 1. The fourth-order valence-electron chi connectivity index (χ4n) is 4.61. The first-order valence-electron chi connectivity index (χ1n) is 12.5. The van der Waals surface area contributed by atoms with Crippen molar-refractivity contribution in [2.24, 2.45) is 0 Å². The number of nitrogens with one attached hydrogen (secondary N) is 1. The predicted molar refractivity (Wildman–Crippen MR) is 145 cm³/mol. The monoisotopic (exact) mass is 532 g/mol. The molecule has 0 amide bonds. The molecule has 0 aliphatic rings. The van der Waals surface area contributed by atoms with Crippen molar-refractivity contribution >= 4 is 22.5 Å². The Labute approximate surface area is 225 Å². The Morgan fingerprint density at radius 1 is 1.11 bits per heavy atom. The Morgan fingerprint density at radius 3 is 2.66 bits per heavy atom. The molecule has 3 aromatic heterocycles. The number of hydrogen-bond donors (Lipinski definition) is 1. The molecule has 196 valence electrons. The standard InChI is InChI=1S/C28H29ClN6O3/c1-3-19-8-11-25-21(15-19)16-24(28(36)30-25)26(27-31-32-33-35(27)12-14-37-2)34(18-23-5-4-13-38-23)17-20-6-9-22(29)10-7-20/h4-11,13,15-16,26H,3,12,14,17-18H2,1-2H3,(H,30,36). The van der Waals surface area contributed by atoms with E-state index < -0.39 is 6.04 Å². The Hall–Kier alpha value is -3.79. The van der Waals surface area contributed by atoms with Gasteiger partial charge in [-0.1, -0.05) is 36.7 Å². The van der Waals surface area contributed by atoms with Crippen LogP contribution in [0, 0.1) is 0 Å². The van der Waals surface area contributed by atoms with E-state index in [4.69, 9.17) is 20.8 Å². The molecule has 0 saturated carbocycles. The lowest BCUT2D eigenvalue weighted by atomic mass is 10.0. The van der Waals surface area contributed by atoms with Crippen LogP contribution in [0.4, 0.5) is 0 Å². The SMILES string of the molecule is CCc1ccc2[nH]c(=O)c(C(c3nnnn3CCOC)N(Cc3ccc(Cl)cc3)Cc3ccco3)cc2c1. The van der Waals surface area contributed by atoms with Gasteiger partial charge in [0.15, 0.2) is 5.82 Å². The van der Waals surface area contributed by atoms with Crippen molar-refractivity contribution < 1.29 is 9.15 Å². The summed E-state index contributed by atoms with van der Waals surface area (Å²) in [5.74, 6) is 1.30. The molecule has 10 heteroatoms. The Bertz CT molecular complexity index is 1550. The van der Waals surface area contributed by atoms with Crippen LogP contribution in [0.25, 0.3) is 10.9 Å². The summed E-state index contributed by atoms with van der Waals surface area (Å²) < 4.78 is 12.7. The van der Waals surface area contributed by atoms with Crippen LogP contribution in [0.2, 0.25) is 5.02 Å². The second kappa shape index (κ2) is 11.7. The number of halogens is 1. The fraction of sp³-hybridized carbons (Fsp3) is 0.286. The zero-order chi connectivity index (χ0) is 26.5. The normalized spacial score (nSPS) is 12.4. The summed E-state index contributed by atoms with van der Waals surface area (Å²) in [6.07, 6.45) is 2.53. The molecule has 0 fully saturated rings.